The zero-order valence-corrected chi connectivity index (χ0v) is 9.84. The van der Waals surface area contributed by atoms with Gasteiger partial charge in [-0.3, -0.25) is 0 Å². The number of nitrogens with two attached hydrogens (primary N) is 1. The lowest BCUT2D eigenvalue weighted by molar-refractivity contribution is 0.218. The summed E-state index contributed by atoms with van der Waals surface area (Å²) in [5.41, 5.74) is 6.10. The highest BCUT2D eigenvalue weighted by atomic mass is 15.1. The fraction of sp³-hybridized carbons (Fsp3) is 1.00. The molecule has 2 N–H and O–H groups in total. The molecule has 0 aromatic rings. The van der Waals surface area contributed by atoms with Crippen LogP contribution in [0.1, 0.15) is 46.0 Å². The Morgan fingerprint density at radius 1 is 1.00 bits per heavy atom. The molecule has 1 aliphatic rings. The molecule has 1 unspecified atom stereocenters. The normalized spacial score (nSPS) is 23.1. The molecule has 14 heavy (non-hydrogen) atoms. The van der Waals surface area contributed by atoms with Gasteiger partial charge in [-0.15, -0.1) is 0 Å². The van der Waals surface area contributed by atoms with Gasteiger partial charge in [-0.25, -0.2) is 0 Å². The summed E-state index contributed by atoms with van der Waals surface area (Å²) >= 11 is 0. The van der Waals surface area contributed by atoms with Crippen LogP contribution in [0, 0.1) is 5.92 Å². The Kier molecular flexibility index (Phi) is 5.49. The van der Waals surface area contributed by atoms with Crippen molar-refractivity contribution in [1.29, 1.82) is 0 Å². The van der Waals surface area contributed by atoms with Gasteiger partial charge in [0.15, 0.2) is 0 Å². The van der Waals surface area contributed by atoms with Gasteiger partial charge in [-0.1, -0.05) is 33.1 Å². The van der Waals surface area contributed by atoms with Crippen LogP contribution in [0.4, 0.5) is 0 Å². The van der Waals surface area contributed by atoms with Crippen LogP contribution in [0.3, 0.4) is 0 Å². The molecule has 1 aliphatic heterocycles. The smallest absolute Gasteiger partial charge is 0.0191 e. The van der Waals surface area contributed by atoms with Gasteiger partial charge in [0.1, 0.15) is 0 Å². The summed E-state index contributed by atoms with van der Waals surface area (Å²) < 4.78 is 0. The molecule has 0 aromatic heterocycles. The third kappa shape index (κ3) is 4.43. The number of hydrogen-bond donors (Lipinski definition) is 1. The first-order valence-electron chi connectivity index (χ1n) is 6.18. The molecule has 1 saturated heterocycles. The van der Waals surface area contributed by atoms with E-state index >= 15 is 0 Å². The molecule has 0 aromatic carbocycles. The number of rotatable bonds is 3. The van der Waals surface area contributed by atoms with E-state index in [1.54, 1.807) is 0 Å². The maximum atomic E-state index is 6.10. The maximum Gasteiger partial charge on any atom is 0.0191 e. The maximum absolute atomic E-state index is 6.10. The first kappa shape index (κ1) is 12.0. The first-order chi connectivity index (χ1) is 6.70. The Labute approximate surface area is 88.8 Å². The monoisotopic (exact) mass is 198 g/mol. The van der Waals surface area contributed by atoms with Crippen molar-refractivity contribution < 1.29 is 0 Å². The van der Waals surface area contributed by atoms with Crippen LogP contribution in [0.2, 0.25) is 0 Å². The number of nitrogens with zero attached hydrogens (tertiary/aromatic N) is 1. The molecule has 1 rings (SSSR count). The van der Waals surface area contributed by atoms with Gasteiger partial charge in [0.25, 0.3) is 0 Å². The Balaban J connectivity index is 2.26. The summed E-state index contributed by atoms with van der Waals surface area (Å²) in [5.74, 6) is 0.612. The fourth-order valence-electron chi connectivity index (χ4n) is 2.00. The molecule has 0 radical (unpaired) electrons. The van der Waals surface area contributed by atoms with E-state index < -0.39 is 0 Å². The highest BCUT2D eigenvalue weighted by Gasteiger charge is 2.14. The predicted octanol–water partition coefficient (Wildman–Crippen LogP) is 2.24. The topological polar surface area (TPSA) is 29.3 Å². The van der Waals surface area contributed by atoms with E-state index in [9.17, 15) is 0 Å². The second-order valence-corrected chi connectivity index (χ2v) is 4.98. The van der Waals surface area contributed by atoms with Crippen LogP contribution in [0.5, 0.6) is 0 Å². The van der Waals surface area contributed by atoms with Gasteiger partial charge in [-0.05, 0) is 31.8 Å². The third-order valence-electron chi connectivity index (χ3n) is 3.27. The second-order valence-electron chi connectivity index (χ2n) is 4.98. The molecule has 1 atom stereocenters. The second kappa shape index (κ2) is 6.41. The summed E-state index contributed by atoms with van der Waals surface area (Å²) in [6.45, 7) is 8.06. The van der Waals surface area contributed by atoms with E-state index in [1.165, 1.54) is 45.2 Å². The average molecular weight is 198 g/mol. The van der Waals surface area contributed by atoms with Gasteiger partial charge >= 0.3 is 0 Å². The van der Waals surface area contributed by atoms with Crippen LogP contribution in [-0.4, -0.2) is 30.6 Å². The van der Waals surface area contributed by atoms with E-state index in [1.807, 2.05) is 0 Å². The minimum Gasteiger partial charge on any atom is -0.326 e. The molecule has 2 heteroatoms. The summed E-state index contributed by atoms with van der Waals surface area (Å²) in [5, 5.41) is 0. The van der Waals surface area contributed by atoms with Crippen molar-refractivity contribution in [3.8, 4) is 0 Å². The van der Waals surface area contributed by atoms with Crippen molar-refractivity contribution in [3.05, 3.63) is 0 Å². The average Bonchev–Trinajstić information content (AvgIpc) is 2.08. The van der Waals surface area contributed by atoms with Crippen LogP contribution in [-0.2, 0) is 0 Å². The predicted molar refractivity (Wildman–Crippen MR) is 62.3 cm³/mol. The molecule has 1 fully saturated rings. The molecule has 0 aliphatic carbocycles. The molecule has 0 bridgehead atoms. The number of likely N-dealkylation sites (tertiary alicyclic amines) is 1. The molecule has 0 saturated carbocycles. The summed E-state index contributed by atoms with van der Waals surface area (Å²) in [7, 11) is 0. The zero-order chi connectivity index (χ0) is 10.4. The van der Waals surface area contributed by atoms with Gasteiger partial charge < -0.3 is 10.6 Å². The van der Waals surface area contributed by atoms with E-state index in [0.717, 1.165) is 6.54 Å². The van der Waals surface area contributed by atoms with Gasteiger partial charge in [0.05, 0.1) is 0 Å². The first-order valence-corrected chi connectivity index (χ1v) is 6.18. The highest BCUT2D eigenvalue weighted by Crippen LogP contribution is 2.11. The summed E-state index contributed by atoms with van der Waals surface area (Å²) in [6, 6.07) is 0.356. The van der Waals surface area contributed by atoms with Gasteiger partial charge in [0, 0.05) is 12.6 Å². The van der Waals surface area contributed by atoms with Crippen molar-refractivity contribution in [3.63, 3.8) is 0 Å². The lowest BCUT2D eigenvalue weighted by Crippen LogP contribution is -2.41. The minimum absolute atomic E-state index is 0.356. The van der Waals surface area contributed by atoms with Crippen LogP contribution >= 0.6 is 0 Å². The molecule has 84 valence electrons. The van der Waals surface area contributed by atoms with Crippen LogP contribution < -0.4 is 5.73 Å². The molecule has 0 amide bonds. The molecule has 0 spiro atoms. The van der Waals surface area contributed by atoms with Crippen molar-refractivity contribution in [1.82, 2.24) is 4.90 Å². The highest BCUT2D eigenvalue weighted by molar-refractivity contribution is 4.72. The lowest BCUT2D eigenvalue weighted by Gasteiger charge is -2.28. The van der Waals surface area contributed by atoms with Crippen molar-refractivity contribution in [2.75, 3.05) is 19.6 Å². The zero-order valence-electron chi connectivity index (χ0n) is 9.84. The lowest BCUT2D eigenvalue weighted by atomic mass is 10.0. The van der Waals surface area contributed by atoms with E-state index in [-0.39, 0.29) is 0 Å². The summed E-state index contributed by atoms with van der Waals surface area (Å²) in [4.78, 5) is 2.56. The molecule has 2 nitrogen and oxygen atoms in total. The fourth-order valence-corrected chi connectivity index (χ4v) is 2.00. The Morgan fingerprint density at radius 3 is 2.00 bits per heavy atom. The van der Waals surface area contributed by atoms with Gasteiger partial charge in [-0.2, -0.15) is 0 Å². The summed E-state index contributed by atoms with van der Waals surface area (Å²) in [6.07, 6.45) is 6.99. The Bertz CT molecular complexity index is 137. The van der Waals surface area contributed by atoms with E-state index in [4.69, 9.17) is 5.73 Å². The molecule has 1 heterocycles. The third-order valence-corrected chi connectivity index (χ3v) is 3.27. The van der Waals surface area contributed by atoms with E-state index in [2.05, 4.69) is 18.7 Å². The molecular weight excluding hydrogens is 172 g/mol. The van der Waals surface area contributed by atoms with E-state index in [0.29, 0.717) is 12.0 Å². The van der Waals surface area contributed by atoms with Crippen molar-refractivity contribution in [2.45, 2.75) is 52.0 Å². The standard InChI is InChI=1S/C12H26N2/c1-11(2)12(13)10-14-8-6-4-3-5-7-9-14/h11-12H,3-10,13H2,1-2H3. The Hall–Kier alpha value is -0.0800. The SMILES string of the molecule is CC(C)C(N)CN1CCCCCCC1. The molecular formula is C12H26N2. The van der Waals surface area contributed by atoms with Gasteiger partial charge in [0.2, 0.25) is 0 Å². The Morgan fingerprint density at radius 2 is 1.50 bits per heavy atom. The van der Waals surface area contributed by atoms with Crippen molar-refractivity contribution >= 4 is 0 Å². The largest absolute Gasteiger partial charge is 0.326 e. The minimum atomic E-state index is 0.356. The van der Waals surface area contributed by atoms with Crippen molar-refractivity contribution in [2.24, 2.45) is 11.7 Å². The quantitative estimate of drug-likeness (QED) is 0.753. The number of hydrogen-bond acceptors (Lipinski definition) is 2. The van der Waals surface area contributed by atoms with Crippen LogP contribution in [0.15, 0.2) is 0 Å². The van der Waals surface area contributed by atoms with Crippen LogP contribution in [0.25, 0.3) is 0 Å².